The zero-order valence-corrected chi connectivity index (χ0v) is 34.7. The third kappa shape index (κ3) is 5.20. The molecule has 6 aromatic rings. The van der Waals surface area contributed by atoms with E-state index in [1.54, 1.807) is 11.1 Å². The summed E-state index contributed by atoms with van der Waals surface area (Å²) < 4.78 is 14.4. The second-order valence-corrected chi connectivity index (χ2v) is 19.0. The summed E-state index contributed by atoms with van der Waals surface area (Å²) in [5.74, 6) is 4.19. The molecular weight excluding hydrogens is 731 g/mol. The molecule has 4 aromatic carbocycles. The van der Waals surface area contributed by atoms with Crippen molar-refractivity contribution < 1.29 is 8.83 Å². The van der Waals surface area contributed by atoms with Gasteiger partial charge < -0.3 is 13.7 Å². The van der Waals surface area contributed by atoms with Crippen molar-refractivity contribution in [1.29, 1.82) is 0 Å². The molecule has 2 aromatic heterocycles. The molecule has 3 heteroatoms. The molecule has 6 aliphatic carbocycles. The van der Waals surface area contributed by atoms with Gasteiger partial charge in [-0.25, -0.2) is 0 Å². The summed E-state index contributed by atoms with van der Waals surface area (Å²) in [6.07, 6.45) is 33.0. The zero-order valence-electron chi connectivity index (χ0n) is 34.7. The highest BCUT2D eigenvalue weighted by atomic mass is 16.3. The molecule has 1 aliphatic heterocycles. The highest BCUT2D eigenvalue weighted by Gasteiger charge is 2.48. The minimum absolute atomic E-state index is 0.360. The van der Waals surface area contributed by atoms with Gasteiger partial charge in [-0.2, -0.15) is 0 Å². The van der Waals surface area contributed by atoms with Gasteiger partial charge in [-0.3, -0.25) is 0 Å². The number of furan rings is 2. The van der Waals surface area contributed by atoms with Crippen LogP contribution in [-0.2, 0) is 6.42 Å². The second-order valence-electron chi connectivity index (χ2n) is 19.0. The van der Waals surface area contributed by atoms with Crippen molar-refractivity contribution >= 4 is 49.9 Å². The van der Waals surface area contributed by atoms with Gasteiger partial charge in [0.1, 0.15) is 16.7 Å². The Labute approximate surface area is 353 Å². The van der Waals surface area contributed by atoms with Crippen LogP contribution in [0.3, 0.4) is 0 Å². The van der Waals surface area contributed by atoms with Crippen LogP contribution in [0.25, 0.3) is 55.3 Å². The topological polar surface area (TPSA) is 29.5 Å². The maximum absolute atomic E-state index is 7.34. The normalized spacial score (nSPS) is 28.1. The van der Waals surface area contributed by atoms with Crippen LogP contribution in [0.15, 0.2) is 147 Å². The summed E-state index contributed by atoms with van der Waals surface area (Å²) in [7, 11) is 0. The average Bonchev–Trinajstić information content (AvgIpc) is 3.99. The van der Waals surface area contributed by atoms with Crippen LogP contribution in [0.4, 0.5) is 5.69 Å². The van der Waals surface area contributed by atoms with E-state index in [0.29, 0.717) is 41.5 Å². The van der Waals surface area contributed by atoms with Gasteiger partial charge in [0, 0.05) is 44.9 Å². The Balaban J connectivity index is 1.07. The Kier molecular flexibility index (Phi) is 8.07. The average molecular weight is 784 g/mol. The molecule has 0 radical (unpaired) electrons. The molecule has 3 heterocycles. The molecule has 7 aliphatic rings. The maximum Gasteiger partial charge on any atom is 0.154 e. The molecule has 0 N–H and O–H groups in total. The SMILES string of the molecule is CC1C2=C(CCC=C2)C2CCC=CC2C1C1C=C(N2c3ccccc3C3CCCCC32)c2oc3ccc4oc5c(-c6ccccc6)cc(C6=CCCC=C6)cc5c4c3c2C1. The van der Waals surface area contributed by atoms with Crippen molar-refractivity contribution in [1.82, 2.24) is 0 Å². The number of rotatable bonds is 4. The van der Waals surface area contributed by atoms with Crippen molar-refractivity contribution in [2.45, 2.75) is 89.5 Å². The third-order valence-electron chi connectivity index (χ3n) is 16.0. The van der Waals surface area contributed by atoms with Gasteiger partial charge in [0.2, 0.25) is 0 Å². The number of benzene rings is 4. The molecule has 60 heavy (non-hydrogen) atoms. The Bertz CT molecular complexity index is 2920. The second kappa shape index (κ2) is 13.7. The molecule has 298 valence electrons. The predicted octanol–water partition coefficient (Wildman–Crippen LogP) is 15.3. The highest BCUT2D eigenvalue weighted by Crippen LogP contribution is 2.58. The van der Waals surface area contributed by atoms with E-state index in [1.807, 2.05) is 0 Å². The molecule has 3 nitrogen and oxygen atoms in total. The number of anilines is 1. The minimum atomic E-state index is 0.360. The Morgan fingerprint density at radius 3 is 2.47 bits per heavy atom. The van der Waals surface area contributed by atoms with Gasteiger partial charge in [0.25, 0.3) is 0 Å². The lowest BCUT2D eigenvalue weighted by Crippen LogP contribution is -2.42. The van der Waals surface area contributed by atoms with Crippen LogP contribution in [0, 0.1) is 29.6 Å². The first-order valence-corrected chi connectivity index (χ1v) is 23.2. The molecular formula is C57H53NO2. The lowest BCUT2D eigenvalue weighted by Gasteiger charge is -2.49. The van der Waals surface area contributed by atoms with Gasteiger partial charge in [0.15, 0.2) is 5.76 Å². The molecule has 1 saturated carbocycles. The molecule has 7 atom stereocenters. The van der Waals surface area contributed by atoms with Crippen molar-refractivity contribution in [3.8, 4) is 11.1 Å². The summed E-state index contributed by atoms with van der Waals surface area (Å²) in [6.45, 7) is 2.57. The molecule has 0 amide bonds. The molecule has 0 saturated heterocycles. The number of para-hydroxylation sites is 1. The summed E-state index contributed by atoms with van der Waals surface area (Å²) in [6, 6.07) is 29.8. The molecule has 13 rings (SSSR count). The summed E-state index contributed by atoms with van der Waals surface area (Å²) in [5.41, 5.74) is 16.8. The standard InChI is InChI=1S/C57H53NO2/c1-34-39-20-8-9-21-40(39)41-22-10-11-25-44(41)53(34)38-32-47-55-52(60-57(47)50(33-38)58-48-26-14-12-23-42(48)43-24-13-15-27-49(43)58)29-28-51-54(55)46-31-37(35-16-4-2-5-17-35)30-45(56(46)59-51)36-18-6-3-7-19-36/h3-4,6-8,11-12,14,16-20,23,25-26,28-31,33-34,38,41,43-44,49,53H,2,5,9-10,13,15,21-22,24,27,32H2,1H3. The van der Waals surface area contributed by atoms with E-state index in [0.717, 1.165) is 47.3 Å². The number of fused-ring (bicyclic) bond motifs is 12. The summed E-state index contributed by atoms with van der Waals surface area (Å²) in [5, 5.41) is 3.65. The van der Waals surface area contributed by atoms with Crippen LogP contribution in [-0.4, -0.2) is 6.04 Å². The number of hydrogen-bond acceptors (Lipinski definition) is 3. The third-order valence-corrected chi connectivity index (χ3v) is 16.0. The Morgan fingerprint density at radius 2 is 1.57 bits per heavy atom. The fourth-order valence-electron chi connectivity index (χ4n) is 13.5. The van der Waals surface area contributed by atoms with Crippen molar-refractivity contribution in [2.24, 2.45) is 29.6 Å². The maximum atomic E-state index is 7.34. The van der Waals surface area contributed by atoms with Crippen molar-refractivity contribution in [3.05, 3.63) is 161 Å². The largest absolute Gasteiger partial charge is 0.455 e. The zero-order chi connectivity index (χ0) is 39.5. The van der Waals surface area contributed by atoms with E-state index >= 15 is 0 Å². The van der Waals surface area contributed by atoms with Gasteiger partial charge in [-0.15, -0.1) is 0 Å². The monoisotopic (exact) mass is 783 g/mol. The summed E-state index contributed by atoms with van der Waals surface area (Å²) in [4.78, 5) is 2.78. The quantitative estimate of drug-likeness (QED) is 0.167. The molecule has 0 bridgehead atoms. The number of allylic oxidation sites excluding steroid dienone is 11. The van der Waals surface area contributed by atoms with Gasteiger partial charge >= 0.3 is 0 Å². The van der Waals surface area contributed by atoms with Crippen LogP contribution in [0.5, 0.6) is 0 Å². The van der Waals surface area contributed by atoms with E-state index < -0.39 is 0 Å². The van der Waals surface area contributed by atoms with Crippen LogP contribution < -0.4 is 4.90 Å². The van der Waals surface area contributed by atoms with Crippen LogP contribution in [0.2, 0.25) is 0 Å². The van der Waals surface area contributed by atoms with E-state index in [2.05, 4.69) is 139 Å². The first-order chi connectivity index (χ1) is 29.7. The smallest absolute Gasteiger partial charge is 0.154 e. The fraction of sp³-hybridized carbons (Fsp3) is 0.333. The minimum Gasteiger partial charge on any atom is -0.455 e. The van der Waals surface area contributed by atoms with Crippen LogP contribution >= 0.6 is 0 Å². The number of nitrogens with zero attached hydrogens (tertiary/aromatic N) is 1. The summed E-state index contributed by atoms with van der Waals surface area (Å²) >= 11 is 0. The lowest BCUT2D eigenvalue weighted by atomic mass is 9.56. The first kappa shape index (κ1) is 35.2. The Hall–Kier alpha value is -5.54. The molecule has 1 fully saturated rings. The first-order valence-electron chi connectivity index (χ1n) is 23.2. The van der Waals surface area contributed by atoms with E-state index in [1.165, 1.54) is 107 Å². The lowest BCUT2D eigenvalue weighted by molar-refractivity contribution is 0.160. The highest BCUT2D eigenvalue weighted by molar-refractivity contribution is 6.22. The Morgan fingerprint density at radius 1 is 0.717 bits per heavy atom. The van der Waals surface area contributed by atoms with Gasteiger partial charge in [-0.1, -0.05) is 122 Å². The van der Waals surface area contributed by atoms with E-state index in [4.69, 9.17) is 8.83 Å². The number of hydrogen-bond donors (Lipinski definition) is 0. The van der Waals surface area contributed by atoms with E-state index in [-0.39, 0.29) is 0 Å². The van der Waals surface area contributed by atoms with Gasteiger partial charge in [0.05, 0.1) is 5.70 Å². The fourth-order valence-corrected chi connectivity index (χ4v) is 13.5. The van der Waals surface area contributed by atoms with Crippen molar-refractivity contribution in [2.75, 3.05) is 4.90 Å². The van der Waals surface area contributed by atoms with E-state index in [9.17, 15) is 0 Å². The predicted molar refractivity (Wildman–Crippen MR) is 248 cm³/mol. The van der Waals surface area contributed by atoms with Gasteiger partial charge in [-0.05, 0) is 146 Å². The van der Waals surface area contributed by atoms with Crippen LogP contribution in [0.1, 0.15) is 99.5 Å². The van der Waals surface area contributed by atoms with Crippen molar-refractivity contribution in [3.63, 3.8) is 0 Å². The molecule has 0 spiro atoms. The molecule has 7 unspecified atom stereocenters.